The van der Waals surface area contributed by atoms with Crippen molar-refractivity contribution in [2.24, 2.45) is 5.92 Å². The number of carbonyl (C=O) groups is 1. The van der Waals surface area contributed by atoms with Crippen molar-refractivity contribution in [3.63, 3.8) is 0 Å². The van der Waals surface area contributed by atoms with Crippen LogP contribution in [0.25, 0.3) is 22.4 Å². The van der Waals surface area contributed by atoms with Gasteiger partial charge in [0.05, 0.1) is 24.1 Å². The molecule has 40 heavy (non-hydrogen) atoms. The maximum absolute atomic E-state index is 12.2. The first-order chi connectivity index (χ1) is 19.1. The molecule has 1 saturated heterocycles. The quantitative estimate of drug-likeness (QED) is 0.450. The van der Waals surface area contributed by atoms with Gasteiger partial charge in [0, 0.05) is 41.9 Å². The van der Waals surface area contributed by atoms with Crippen molar-refractivity contribution < 1.29 is 19.4 Å². The Morgan fingerprint density at radius 2 is 1.88 bits per heavy atom. The van der Waals surface area contributed by atoms with Gasteiger partial charge in [-0.1, -0.05) is 24.0 Å². The standard InChI is InChI=1S/C30H36N6O4/c1-30(2,3)40-29(38)35-13-10-22(11-14-35)39-23-15-20(16-23)7-6-12-36-19-21(18-32-36)25-17-26(33-34-28(25)31)24-8-4-5-9-27(24)37/h4-5,8-9,17-20,22-23,37H,10-16H2,1-3H3,(H2,31,34). The Bertz CT molecular complexity index is 1410. The number of anilines is 1. The number of benzene rings is 1. The van der Waals surface area contributed by atoms with E-state index in [1.165, 1.54) is 0 Å². The van der Waals surface area contributed by atoms with E-state index in [1.807, 2.05) is 33.0 Å². The lowest BCUT2D eigenvalue weighted by Crippen LogP contribution is -2.45. The van der Waals surface area contributed by atoms with Crippen molar-refractivity contribution in [1.29, 1.82) is 0 Å². The predicted molar refractivity (Wildman–Crippen MR) is 151 cm³/mol. The highest BCUT2D eigenvalue weighted by Crippen LogP contribution is 2.33. The number of likely N-dealkylation sites (tertiary alicyclic amines) is 1. The fourth-order valence-corrected chi connectivity index (χ4v) is 4.88. The molecule has 0 spiro atoms. The second-order valence-electron chi connectivity index (χ2n) is 11.4. The van der Waals surface area contributed by atoms with Gasteiger partial charge in [-0.2, -0.15) is 5.10 Å². The number of piperidine rings is 1. The molecule has 10 heteroatoms. The first-order valence-electron chi connectivity index (χ1n) is 13.7. The van der Waals surface area contributed by atoms with Crippen molar-refractivity contribution in [2.45, 2.75) is 70.8 Å². The van der Waals surface area contributed by atoms with Gasteiger partial charge in [0.1, 0.15) is 17.9 Å². The zero-order chi connectivity index (χ0) is 28.3. The lowest BCUT2D eigenvalue weighted by Gasteiger charge is -2.38. The van der Waals surface area contributed by atoms with Crippen molar-refractivity contribution in [1.82, 2.24) is 24.9 Å². The summed E-state index contributed by atoms with van der Waals surface area (Å²) in [4.78, 5) is 14.0. The third-order valence-electron chi connectivity index (χ3n) is 7.07. The van der Waals surface area contributed by atoms with Crippen LogP contribution in [0.4, 0.5) is 10.6 Å². The van der Waals surface area contributed by atoms with Crippen molar-refractivity contribution in [2.75, 3.05) is 18.8 Å². The monoisotopic (exact) mass is 544 g/mol. The van der Waals surface area contributed by atoms with Crippen LogP contribution in [-0.2, 0) is 16.0 Å². The number of hydrogen-bond acceptors (Lipinski definition) is 8. The number of rotatable bonds is 5. The van der Waals surface area contributed by atoms with Gasteiger partial charge in [-0.25, -0.2) is 4.79 Å². The van der Waals surface area contributed by atoms with Gasteiger partial charge < -0.3 is 25.2 Å². The summed E-state index contributed by atoms with van der Waals surface area (Å²) in [6.07, 6.45) is 7.30. The van der Waals surface area contributed by atoms with E-state index in [-0.39, 0.29) is 24.1 Å². The smallest absolute Gasteiger partial charge is 0.410 e. The van der Waals surface area contributed by atoms with E-state index in [9.17, 15) is 9.90 Å². The number of nitrogens with zero attached hydrogens (tertiary/aromatic N) is 5. The number of nitrogen functional groups attached to an aromatic ring is 1. The Hall–Kier alpha value is -4.10. The Morgan fingerprint density at radius 3 is 2.60 bits per heavy atom. The number of amides is 1. The van der Waals surface area contributed by atoms with E-state index in [0.717, 1.165) is 31.2 Å². The van der Waals surface area contributed by atoms with Crippen LogP contribution in [0.1, 0.15) is 46.5 Å². The maximum atomic E-state index is 12.2. The fourth-order valence-electron chi connectivity index (χ4n) is 4.88. The van der Waals surface area contributed by atoms with E-state index in [2.05, 4.69) is 27.1 Å². The number of para-hydroxylation sites is 1. The Kier molecular flexibility index (Phi) is 7.94. The molecular weight excluding hydrogens is 508 g/mol. The van der Waals surface area contributed by atoms with Gasteiger partial charge in [0.15, 0.2) is 5.82 Å². The van der Waals surface area contributed by atoms with Crippen LogP contribution >= 0.6 is 0 Å². The molecule has 2 aromatic heterocycles. The average molecular weight is 545 g/mol. The molecule has 1 amide bonds. The van der Waals surface area contributed by atoms with Crippen molar-refractivity contribution >= 4 is 11.9 Å². The largest absolute Gasteiger partial charge is 0.507 e. The van der Waals surface area contributed by atoms with Gasteiger partial charge in [-0.15, -0.1) is 10.2 Å². The molecule has 0 unspecified atom stereocenters. The van der Waals surface area contributed by atoms with Gasteiger partial charge in [0.2, 0.25) is 0 Å². The Labute approximate surface area is 234 Å². The minimum atomic E-state index is -0.477. The first kappa shape index (κ1) is 27.5. The summed E-state index contributed by atoms with van der Waals surface area (Å²) in [5.74, 6) is 7.32. The van der Waals surface area contributed by atoms with Crippen LogP contribution in [-0.4, -0.2) is 67.0 Å². The number of phenols is 1. The molecule has 1 saturated carbocycles. The molecule has 0 radical (unpaired) electrons. The normalized spacial score (nSPS) is 19.4. The molecule has 1 aliphatic carbocycles. The number of aromatic hydroxyl groups is 1. The Balaban J connectivity index is 1.08. The molecule has 0 atom stereocenters. The van der Waals surface area contributed by atoms with Crippen LogP contribution in [0.3, 0.4) is 0 Å². The zero-order valence-electron chi connectivity index (χ0n) is 23.2. The van der Waals surface area contributed by atoms with Crippen molar-refractivity contribution in [3.8, 4) is 40.0 Å². The van der Waals surface area contributed by atoms with E-state index < -0.39 is 5.60 Å². The number of aromatic nitrogens is 4. The molecule has 210 valence electrons. The molecule has 3 heterocycles. The third kappa shape index (κ3) is 6.72. The second kappa shape index (κ2) is 11.6. The highest BCUT2D eigenvalue weighted by Gasteiger charge is 2.33. The van der Waals surface area contributed by atoms with Gasteiger partial charge >= 0.3 is 6.09 Å². The summed E-state index contributed by atoms with van der Waals surface area (Å²) in [5.41, 5.74) is 8.24. The van der Waals surface area contributed by atoms with E-state index in [1.54, 1.807) is 40.0 Å². The predicted octanol–water partition coefficient (Wildman–Crippen LogP) is 4.49. The lowest BCUT2D eigenvalue weighted by molar-refractivity contribution is -0.0849. The molecule has 0 bridgehead atoms. The van der Waals surface area contributed by atoms with Crippen LogP contribution < -0.4 is 5.73 Å². The Morgan fingerprint density at radius 1 is 1.12 bits per heavy atom. The van der Waals surface area contributed by atoms with Crippen molar-refractivity contribution in [3.05, 3.63) is 42.7 Å². The number of phenolic OH excluding ortho intramolecular Hbond substituents is 1. The number of hydrogen-bond donors (Lipinski definition) is 2. The first-order valence-corrected chi connectivity index (χ1v) is 13.7. The van der Waals surface area contributed by atoms with Gasteiger partial charge in [0.25, 0.3) is 0 Å². The summed E-state index contributed by atoms with van der Waals surface area (Å²) in [6.45, 7) is 7.45. The fraction of sp³-hybridized carbons (Fsp3) is 0.467. The summed E-state index contributed by atoms with van der Waals surface area (Å²) < 4.78 is 13.5. The topological polar surface area (TPSA) is 129 Å². The highest BCUT2D eigenvalue weighted by molar-refractivity contribution is 5.78. The molecule has 10 nitrogen and oxygen atoms in total. The summed E-state index contributed by atoms with van der Waals surface area (Å²) >= 11 is 0. The van der Waals surface area contributed by atoms with Crippen LogP contribution in [0.5, 0.6) is 5.75 Å². The maximum Gasteiger partial charge on any atom is 0.410 e. The minimum absolute atomic E-state index is 0.130. The average Bonchev–Trinajstić information content (AvgIpc) is 3.36. The zero-order valence-corrected chi connectivity index (χ0v) is 23.2. The number of carbonyl (C=O) groups excluding carboxylic acids is 1. The summed E-state index contributed by atoms with van der Waals surface area (Å²) in [7, 11) is 0. The van der Waals surface area contributed by atoms with E-state index >= 15 is 0 Å². The molecule has 2 fully saturated rings. The van der Waals surface area contributed by atoms with Crippen LogP contribution in [0.2, 0.25) is 0 Å². The minimum Gasteiger partial charge on any atom is -0.507 e. The molecule has 1 aliphatic heterocycles. The van der Waals surface area contributed by atoms with E-state index in [4.69, 9.17) is 15.2 Å². The molecular formula is C30H36N6O4. The molecule has 3 aromatic rings. The SMILES string of the molecule is CC(C)(C)OC(=O)N1CCC(OC2CC(C#CCn3cc(-c4cc(-c5ccccc5O)nnc4N)cn3)C2)CC1. The molecule has 2 aliphatic rings. The van der Waals surface area contributed by atoms with Gasteiger partial charge in [-0.3, -0.25) is 4.68 Å². The van der Waals surface area contributed by atoms with Gasteiger partial charge in [-0.05, 0) is 64.7 Å². The molecule has 5 rings (SSSR count). The summed E-state index contributed by atoms with van der Waals surface area (Å²) in [6, 6.07) is 8.78. The summed E-state index contributed by atoms with van der Waals surface area (Å²) in [5, 5.41) is 22.8. The molecule has 1 aromatic carbocycles. The highest BCUT2D eigenvalue weighted by atomic mass is 16.6. The second-order valence-corrected chi connectivity index (χ2v) is 11.4. The lowest BCUT2D eigenvalue weighted by atomic mass is 9.82. The number of ether oxygens (including phenoxy) is 2. The van der Waals surface area contributed by atoms with Crippen LogP contribution in [0.15, 0.2) is 42.7 Å². The molecule has 3 N–H and O–H groups in total. The van der Waals surface area contributed by atoms with E-state index in [0.29, 0.717) is 48.2 Å². The number of nitrogens with two attached hydrogens (primary N) is 1. The van der Waals surface area contributed by atoms with Crippen LogP contribution in [0, 0.1) is 17.8 Å². The third-order valence-corrected chi connectivity index (χ3v) is 7.07.